The van der Waals surface area contributed by atoms with Crippen molar-refractivity contribution >= 4 is 0 Å². The van der Waals surface area contributed by atoms with Crippen molar-refractivity contribution in [3.05, 3.63) is 12.7 Å². The Balaban J connectivity index is 0. The number of allylic oxidation sites excluding steroid dienone is 1. The molecule has 0 aliphatic rings. The minimum Gasteiger partial charge on any atom is -0.518 e. The summed E-state index contributed by atoms with van der Waals surface area (Å²) in [5.74, 6) is 0. The number of hydrogen-bond acceptors (Lipinski definition) is 0. The molecule has 0 bridgehead atoms. The summed E-state index contributed by atoms with van der Waals surface area (Å²) in [7, 11) is 0. The van der Waals surface area contributed by atoms with E-state index in [9.17, 15) is 0 Å². The molecule has 0 nitrogen and oxygen atoms in total. The van der Waals surface area contributed by atoms with E-state index in [1.54, 1.807) is 6.08 Å². The molecule has 0 heterocycles. The van der Waals surface area contributed by atoms with Crippen molar-refractivity contribution in [1.82, 2.24) is 0 Å². The molecule has 0 aromatic carbocycles. The maximum Gasteiger partial charge on any atom is 0 e. The molecule has 0 spiro atoms. The van der Waals surface area contributed by atoms with Crippen molar-refractivity contribution < 1.29 is 20.4 Å². The van der Waals surface area contributed by atoms with Gasteiger partial charge in [-0.25, -0.2) is 0 Å². The molecule has 0 aliphatic heterocycles. The maximum absolute atomic E-state index is 4.90. The minimum atomic E-state index is 0. The van der Waals surface area contributed by atoms with E-state index in [1.807, 2.05) is 6.92 Å². The molecule has 5 heavy (non-hydrogen) atoms. The van der Waals surface area contributed by atoms with Crippen LogP contribution in [0.3, 0.4) is 0 Å². The Bertz CT molecular complexity index is 17.6. The van der Waals surface area contributed by atoms with Gasteiger partial charge in [-0.15, -0.1) is 0 Å². The molecule has 0 unspecified atom stereocenters. The van der Waals surface area contributed by atoms with Crippen LogP contribution < -0.4 is 0 Å². The van der Waals surface area contributed by atoms with E-state index in [4.69, 9.17) is 6.58 Å². The zero-order valence-corrected chi connectivity index (χ0v) is 4.73. The molecule has 0 aromatic heterocycles. The van der Waals surface area contributed by atoms with Gasteiger partial charge in [0.15, 0.2) is 0 Å². The zero-order chi connectivity index (χ0) is 3.41. The van der Waals surface area contributed by atoms with Crippen molar-refractivity contribution in [3.8, 4) is 0 Å². The molecule has 0 rings (SSSR count). The molecule has 0 saturated carbocycles. The summed E-state index contributed by atoms with van der Waals surface area (Å²) >= 11 is 0. The fourth-order valence-electron chi connectivity index (χ4n) is 0. The van der Waals surface area contributed by atoms with Gasteiger partial charge in [0.2, 0.25) is 0 Å². The molecule has 1 heteroatoms. The summed E-state index contributed by atoms with van der Waals surface area (Å²) in [6, 6.07) is 0. The van der Waals surface area contributed by atoms with E-state index < -0.39 is 0 Å². The van der Waals surface area contributed by atoms with E-state index in [2.05, 4.69) is 0 Å². The Kier molecular flexibility index (Phi) is 16.0. The molecule has 0 aromatic rings. The van der Waals surface area contributed by atoms with Crippen molar-refractivity contribution in [3.63, 3.8) is 0 Å². The molecule has 0 amide bonds. The van der Waals surface area contributed by atoms with E-state index >= 15 is 0 Å². The molecule has 34 valence electrons. The SMILES string of the molecule is [CH-]=CCC.[Pd]. The first kappa shape index (κ1) is 9.04. The number of rotatable bonds is 1. The van der Waals surface area contributed by atoms with Crippen molar-refractivity contribution in [2.45, 2.75) is 13.3 Å². The second-order valence-corrected chi connectivity index (χ2v) is 0.644. The smallest absolute Gasteiger partial charge is 0 e. The summed E-state index contributed by atoms with van der Waals surface area (Å²) < 4.78 is 0. The van der Waals surface area contributed by atoms with Crippen LogP contribution >= 0.6 is 0 Å². The Morgan fingerprint density at radius 1 is 1.80 bits per heavy atom. The van der Waals surface area contributed by atoms with Gasteiger partial charge in [-0.3, -0.25) is 6.08 Å². The largest absolute Gasteiger partial charge is 0.518 e. The summed E-state index contributed by atoms with van der Waals surface area (Å²) in [6.07, 6.45) is 2.60. The van der Waals surface area contributed by atoms with Crippen LogP contribution in [0.4, 0.5) is 0 Å². The Labute approximate surface area is 46.9 Å². The molecule has 0 fully saturated rings. The summed E-state index contributed by atoms with van der Waals surface area (Å²) in [5, 5.41) is 0. The van der Waals surface area contributed by atoms with Gasteiger partial charge in [-0.05, 0) is 0 Å². The van der Waals surface area contributed by atoms with Crippen LogP contribution in [0.1, 0.15) is 13.3 Å². The van der Waals surface area contributed by atoms with Crippen molar-refractivity contribution in [2.24, 2.45) is 0 Å². The number of hydrogen-bond donors (Lipinski definition) is 0. The molecule has 0 atom stereocenters. The molecule has 0 saturated heterocycles. The van der Waals surface area contributed by atoms with E-state index in [0.717, 1.165) is 6.42 Å². The topological polar surface area (TPSA) is 0 Å². The zero-order valence-electron chi connectivity index (χ0n) is 3.18. The normalized spacial score (nSPS) is 5.00. The predicted molar refractivity (Wildman–Crippen MR) is 19.2 cm³/mol. The first-order chi connectivity index (χ1) is 1.91. The van der Waals surface area contributed by atoms with E-state index in [-0.39, 0.29) is 20.4 Å². The van der Waals surface area contributed by atoms with Gasteiger partial charge in [-0.2, -0.15) is 0 Å². The first-order valence-corrected chi connectivity index (χ1v) is 1.45. The van der Waals surface area contributed by atoms with E-state index in [0.29, 0.717) is 0 Å². The van der Waals surface area contributed by atoms with Crippen molar-refractivity contribution in [1.29, 1.82) is 0 Å². The minimum absolute atomic E-state index is 0. The van der Waals surface area contributed by atoms with Crippen LogP contribution in [0.15, 0.2) is 6.08 Å². The molecular weight excluding hydrogens is 154 g/mol. The van der Waals surface area contributed by atoms with Crippen LogP contribution in [0.25, 0.3) is 0 Å². The van der Waals surface area contributed by atoms with Gasteiger partial charge in [0.05, 0.1) is 0 Å². The third-order valence-corrected chi connectivity index (χ3v) is 0.236. The van der Waals surface area contributed by atoms with E-state index in [1.165, 1.54) is 0 Å². The van der Waals surface area contributed by atoms with Gasteiger partial charge in [0.1, 0.15) is 0 Å². The second-order valence-electron chi connectivity index (χ2n) is 0.644. The third-order valence-electron chi connectivity index (χ3n) is 0.236. The van der Waals surface area contributed by atoms with Gasteiger partial charge in [-0.1, -0.05) is 13.3 Å². The van der Waals surface area contributed by atoms with Crippen LogP contribution in [-0.2, 0) is 20.4 Å². The summed E-state index contributed by atoms with van der Waals surface area (Å²) in [4.78, 5) is 0. The van der Waals surface area contributed by atoms with Crippen LogP contribution in [-0.4, -0.2) is 0 Å². The third kappa shape index (κ3) is 12.9. The standard InChI is InChI=1S/C4H7.Pd/c1-3-4-2;/h1,3H,4H2,2H3;/q-1;. The van der Waals surface area contributed by atoms with Crippen LogP contribution in [0, 0.1) is 6.58 Å². The van der Waals surface area contributed by atoms with Gasteiger partial charge >= 0.3 is 0 Å². The fourth-order valence-corrected chi connectivity index (χ4v) is 0. The Morgan fingerprint density at radius 2 is 2.00 bits per heavy atom. The molecular formula is C4H7Pd-. The average Bonchev–Trinajstić information content (AvgIpc) is 1.37. The molecule has 0 N–H and O–H groups in total. The van der Waals surface area contributed by atoms with Crippen LogP contribution in [0.5, 0.6) is 0 Å². The summed E-state index contributed by atoms with van der Waals surface area (Å²) in [6.45, 7) is 6.90. The Morgan fingerprint density at radius 3 is 2.00 bits per heavy atom. The quantitative estimate of drug-likeness (QED) is 0.403. The second kappa shape index (κ2) is 8.83. The van der Waals surface area contributed by atoms with Gasteiger partial charge < -0.3 is 6.58 Å². The maximum atomic E-state index is 4.90. The van der Waals surface area contributed by atoms with Crippen molar-refractivity contribution in [2.75, 3.05) is 0 Å². The molecule has 0 radical (unpaired) electrons. The van der Waals surface area contributed by atoms with Gasteiger partial charge in [0, 0.05) is 20.4 Å². The van der Waals surface area contributed by atoms with Gasteiger partial charge in [0.25, 0.3) is 0 Å². The predicted octanol–water partition coefficient (Wildman–Crippen LogP) is 1.38. The average molecular weight is 162 g/mol. The molecule has 0 aliphatic carbocycles. The monoisotopic (exact) mass is 161 g/mol. The Hall–Kier alpha value is 0.402. The first-order valence-electron chi connectivity index (χ1n) is 1.45. The van der Waals surface area contributed by atoms with Crippen LogP contribution in [0.2, 0.25) is 0 Å². The fraction of sp³-hybridized carbons (Fsp3) is 0.500. The summed E-state index contributed by atoms with van der Waals surface area (Å²) in [5.41, 5.74) is 0.